The maximum atomic E-state index is 13.5. The van der Waals surface area contributed by atoms with E-state index in [1.165, 1.54) is 0 Å². The Balaban J connectivity index is 1.24. The molecule has 0 saturated carbocycles. The van der Waals surface area contributed by atoms with Gasteiger partial charge in [-0.25, -0.2) is 9.59 Å². The number of anilines is 4. The molecule has 0 heterocycles. The zero-order valence-corrected chi connectivity index (χ0v) is 39.8. The third-order valence-corrected chi connectivity index (χ3v) is 21.3. The van der Waals surface area contributed by atoms with Gasteiger partial charge in [-0.15, -0.1) is 0 Å². The van der Waals surface area contributed by atoms with Gasteiger partial charge in [0.05, 0.1) is 0 Å². The first kappa shape index (κ1) is 48.8. The number of nitrogens with one attached hydrogen (secondary N) is 6. The van der Waals surface area contributed by atoms with Crippen molar-refractivity contribution in [3.05, 3.63) is 121 Å². The molecule has 4 aromatic carbocycles. The number of amides is 5. The summed E-state index contributed by atoms with van der Waals surface area (Å²) in [4.78, 5) is 46.8. The average molecular weight is 886 g/mol. The molecule has 0 aliphatic carbocycles. The van der Waals surface area contributed by atoms with E-state index in [9.17, 15) is 14.4 Å². The summed E-state index contributed by atoms with van der Waals surface area (Å²) in [5.74, 6) is -0.344. The van der Waals surface area contributed by atoms with Crippen LogP contribution in [-0.2, 0) is 17.9 Å². The molecule has 330 valence electrons. The number of carbonyl (C=O) groups is 3. The Bertz CT molecular complexity index is 1880. The van der Waals surface area contributed by atoms with E-state index >= 15 is 0 Å². The van der Waals surface area contributed by atoms with E-state index < -0.39 is 25.2 Å². The molecule has 61 heavy (non-hydrogen) atoms. The normalized spacial score (nSPS) is 12.2. The van der Waals surface area contributed by atoms with Crippen LogP contribution in [0.5, 0.6) is 0 Å². The van der Waals surface area contributed by atoms with Gasteiger partial charge in [0.1, 0.15) is 6.73 Å². The highest BCUT2D eigenvalue weighted by Gasteiger charge is 2.39. The zero-order chi connectivity index (χ0) is 44.0. The molecule has 4 aromatic rings. The van der Waals surface area contributed by atoms with Gasteiger partial charge in [-0.1, -0.05) is 79.2 Å². The number of carbonyl (C=O) groups excluding carboxylic acids is 3. The molecule has 13 nitrogen and oxygen atoms in total. The van der Waals surface area contributed by atoms with E-state index in [2.05, 4.69) is 71.3 Å². The third-order valence-electron chi connectivity index (χ3n) is 9.82. The number of nitrogens with zero attached hydrogens (tertiary/aromatic N) is 1. The largest absolute Gasteiger partial charge is 0.437 e. The number of para-hydroxylation sites is 4. The topological polar surface area (TPSA) is 154 Å². The van der Waals surface area contributed by atoms with Gasteiger partial charge in [-0.05, 0) is 119 Å². The smallest absolute Gasteiger partial charge is 0.321 e. The average Bonchev–Trinajstić information content (AvgIpc) is 3.21. The fourth-order valence-electron chi connectivity index (χ4n) is 7.17. The highest BCUT2D eigenvalue weighted by Crippen LogP contribution is 2.28. The van der Waals surface area contributed by atoms with Crippen LogP contribution in [0.4, 0.5) is 32.3 Å². The summed E-state index contributed by atoms with van der Waals surface area (Å²) in [5.41, 5.74) is 6.14. The third kappa shape index (κ3) is 20.1. The predicted molar refractivity (Wildman–Crippen MR) is 256 cm³/mol. The van der Waals surface area contributed by atoms with E-state index in [1.54, 1.807) is 0 Å². The van der Waals surface area contributed by atoms with E-state index in [4.69, 9.17) is 13.1 Å². The minimum absolute atomic E-state index is 0.0560. The number of urea groups is 2. The van der Waals surface area contributed by atoms with E-state index in [-0.39, 0.29) is 23.9 Å². The van der Waals surface area contributed by atoms with Crippen molar-refractivity contribution in [2.75, 3.05) is 54.2 Å². The first-order valence-corrected chi connectivity index (χ1v) is 30.3. The van der Waals surface area contributed by atoms with Crippen LogP contribution >= 0.6 is 0 Å². The molecule has 0 aliphatic heterocycles. The Hall–Kier alpha value is -4.82. The lowest BCUT2D eigenvalue weighted by Crippen LogP contribution is -2.52. The number of hydrogen-bond donors (Lipinski definition) is 6. The van der Waals surface area contributed by atoms with Crippen LogP contribution in [0.25, 0.3) is 0 Å². The fraction of sp³-hybridized carbons (Fsp3) is 0.400. The lowest BCUT2D eigenvalue weighted by molar-refractivity contribution is -0.120. The molecule has 0 aromatic heterocycles. The Morgan fingerprint density at radius 3 is 1.62 bits per heavy atom. The molecular weight excluding hydrogens is 819 g/mol. The second-order valence-corrected chi connectivity index (χ2v) is 29.2. The molecule has 16 heteroatoms. The molecule has 0 radical (unpaired) electrons. The Labute approximate surface area is 366 Å². The first-order chi connectivity index (χ1) is 29.2. The van der Waals surface area contributed by atoms with Crippen molar-refractivity contribution in [3.63, 3.8) is 0 Å². The van der Waals surface area contributed by atoms with Crippen LogP contribution in [0, 0.1) is 5.92 Å². The van der Waals surface area contributed by atoms with Gasteiger partial charge in [0.25, 0.3) is 0 Å². The van der Waals surface area contributed by atoms with Gasteiger partial charge in [0, 0.05) is 54.8 Å². The van der Waals surface area contributed by atoms with Crippen molar-refractivity contribution in [2.24, 2.45) is 5.92 Å². The molecule has 5 amide bonds. The number of hydrogen-bond acceptors (Lipinski definition) is 8. The van der Waals surface area contributed by atoms with E-state index in [0.29, 0.717) is 51.4 Å². The summed E-state index contributed by atoms with van der Waals surface area (Å²) in [5, 5.41) is 15.0. The second kappa shape index (κ2) is 25.2. The molecular formula is C45H67N7O6Si3. The summed E-state index contributed by atoms with van der Waals surface area (Å²) >= 11 is 0. The Morgan fingerprint density at radius 1 is 0.574 bits per heavy atom. The quantitative estimate of drug-likeness (QED) is 0.0158. The standard InChI is InChI=1S/C45H67N7O6Si3/c1-59(2,35-19-21-38(43(53)49-40-24-13-8-14-25-40)30-31-46-44(54)50-41-26-15-9-16-27-41)57-61(5,6)58-60(3,4)36-20-33-52(45(55)51-42-28-17-10-18-29-42)34-32-48-56-37-47-39-22-11-7-12-23-39/h7-18,22-29,38,47-48H,19-21,30-37H2,1-6H3,(H,49,53)(H,51,55)(H2,46,50,54). The lowest BCUT2D eigenvalue weighted by Gasteiger charge is -2.39. The van der Waals surface area contributed by atoms with Crippen molar-refractivity contribution in [1.29, 1.82) is 0 Å². The van der Waals surface area contributed by atoms with Crippen LogP contribution in [0.15, 0.2) is 121 Å². The molecule has 0 fully saturated rings. The number of rotatable bonds is 26. The van der Waals surface area contributed by atoms with Gasteiger partial charge in [-0.3, -0.25) is 9.63 Å². The monoisotopic (exact) mass is 885 g/mol. The van der Waals surface area contributed by atoms with E-state index in [1.807, 2.05) is 126 Å². The summed E-state index contributed by atoms with van der Waals surface area (Å²) < 4.78 is 13.9. The number of hydroxylamine groups is 1. The predicted octanol–water partition coefficient (Wildman–Crippen LogP) is 9.89. The van der Waals surface area contributed by atoms with Crippen molar-refractivity contribution >= 4 is 65.9 Å². The van der Waals surface area contributed by atoms with Crippen molar-refractivity contribution in [3.8, 4) is 0 Å². The Morgan fingerprint density at radius 2 is 1.07 bits per heavy atom. The molecule has 0 spiro atoms. The highest BCUT2D eigenvalue weighted by atomic mass is 28.5. The molecule has 1 atom stereocenters. The minimum Gasteiger partial charge on any atom is -0.437 e. The fourth-order valence-corrected chi connectivity index (χ4v) is 21.2. The van der Waals surface area contributed by atoms with Crippen molar-refractivity contribution in [2.45, 2.75) is 77.1 Å². The van der Waals surface area contributed by atoms with E-state index in [0.717, 1.165) is 42.0 Å². The van der Waals surface area contributed by atoms with Gasteiger partial charge < -0.3 is 39.7 Å². The van der Waals surface area contributed by atoms with Crippen LogP contribution in [0.3, 0.4) is 0 Å². The van der Waals surface area contributed by atoms with Crippen LogP contribution in [0.2, 0.25) is 51.4 Å². The molecule has 4 rings (SSSR count). The second-order valence-electron chi connectivity index (χ2n) is 16.7. The maximum absolute atomic E-state index is 13.5. The molecule has 0 aliphatic rings. The molecule has 1 unspecified atom stereocenters. The number of benzene rings is 4. The zero-order valence-electron chi connectivity index (χ0n) is 36.8. The van der Waals surface area contributed by atoms with Gasteiger partial charge in [-0.2, -0.15) is 5.48 Å². The van der Waals surface area contributed by atoms with Crippen LogP contribution in [0.1, 0.15) is 25.7 Å². The van der Waals surface area contributed by atoms with Crippen LogP contribution < -0.4 is 32.1 Å². The van der Waals surface area contributed by atoms with Gasteiger partial charge >= 0.3 is 20.6 Å². The SMILES string of the molecule is C[Si](C)(CCCC(CCNC(=O)Nc1ccccc1)C(=O)Nc1ccccc1)O[Si](C)(C)O[Si](C)(C)CCCN(CCNOCNc1ccccc1)C(=O)Nc1ccccc1. The van der Waals surface area contributed by atoms with Gasteiger partial charge in [0.15, 0.2) is 16.6 Å². The van der Waals surface area contributed by atoms with Crippen LogP contribution in [-0.4, -0.2) is 81.0 Å². The molecule has 0 saturated heterocycles. The Kier molecular flexibility index (Phi) is 20.2. The van der Waals surface area contributed by atoms with Gasteiger partial charge in [0.2, 0.25) is 5.91 Å². The molecule has 6 N–H and O–H groups in total. The summed E-state index contributed by atoms with van der Waals surface area (Å²) in [6.45, 7) is 15.3. The molecule has 0 bridgehead atoms. The minimum atomic E-state index is -2.53. The summed E-state index contributed by atoms with van der Waals surface area (Å²) in [7, 11) is -6.91. The van der Waals surface area contributed by atoms with Crippen molar-refractivity contribution < 1.29 is 27.5 Å². The summed E-state index contributed by atoms with van der Waals surface area (Å²) in [6, 6.07) is 39.3. The summed E-state index contributed by atoms with van der Waals surface area (Å²) in [6.07, 6.45) is 2.79. The maximum Gasteiger partial charge on any atom is 0.321 e. The highest BCUT2D eigenvalue weighted by molar-refractivity contribution is 6.87. The van der Waals surface area contributed by atoms with Crippen molar-refractivity contribution in [1.82, 2.24) is 15.7 Å². The lowest BCUT2D eigenvalue weighted by atomic mass is 9.98. The first-order valence-electron chi connectivity index (χ1n) is 21.3.